The highest BCUT2D eigenvalue weighted by molar-refractivity contribution is 5.90. The van der Waals surface area contributed by atoms with Crippen LogP contribution in [-0.4, -0.2) is 34.9 Å². The SMILES string of the molecule is C=C(C)[C@@H]1CC[C@]2(COC(=O)/C=C/C(=O)O)CC[C@]3(C)[C@H](CC[C@@H]4[C@@]5(C)CC[C@H](O)C(C)(C)[C@@H]5CC[C@]43C)[C@@H]12. The lowest BCUT2D eigenvalue weighted by Gasteiger charge is -2.73. The lowest BCUT2D eigenvalue weighted by Crippen LogP contribution is -2.66. The van der Waals surface area contributed by atoms with Crippen molar-refractivity contribution in [3.05, 3.63) is 24.3 Å². The zero-order chi connectivity index (χ0) is 28.6. The van der Waals surface area contributed by atoms with Crippen LogP contribution in [0.15, 0.2) is 24.3 Å². The van der Waals surface area contributed by atoms with Crippen LogP contribution in [-0.2, 0) is 14.3 Å². The molecule has 5 aliphatic carbocycles. The zero-order valence-corrected chi connectivity index (χ0v) is 25.2. The largest absolute Gasteiger partial charge is 0.478 e. The van der Waals surface area contributed by atoms with E-state index in [9.17, 15) is 14.7 Å². The molecule has 5 rings (SSSR count). The molecule has 5 aliphatic rings. The van der Waals surface area contributed by atoms with Crippen molar-refractivity contribution in [3.8, 4) is 0 Å². The maximum Gasteiger partial charge on any atom is 0.331 e. The van der Waals surface area contributed by atoms with Crippen molar-refractivity contribution in [3.63, 3.8) is 0 Å². The van der Waals surface area contributed by atoms with E-state index >= 15 is 0 Å². The van der Waals surface area contributed by atoms with Gasteiger partial charge in [-0.3, -0.25) is 0 Å². The van der Waals surface area contributed by atoms with Crippen LogP contribution in [0.3, 0.4) is 0 Å². The summed E-state index contributed by atoms with van der Waals surface area (Å²) in [5.74, 6) is 0.977. The fraction of sp³-hybridized carbons (Fsp3) is 0.824. The van der Waals surface area contributed by atoms with Gasteiger partial charge in [-0.1, -0.05) is 46.8 Å². The number of carbonyl (C=O) groups is 2. The fourth-order valence-electron chi connectivity index (χ4n) is 11.9. The number of aliphatic hydroxyl groups excluding tert-OH is 1. The Morgan fingerprint density at radius 1 is 0.872 bits per heavy atom. The molecule has 5 saturated carbocycles. The first kappa shape index (κ1) is 28.9. The Kier molecular flexibility index (Phi) is 7.01. The molecule has 0 aromatic heterocycles. The molecule has 0 bridgehead atoms. The molecule has 0 unspecified atom stereocenters. The quantitative estimate of drug-likeness (QED) is 0.219. The van der Waals surface area contributed by atoms with Crippen molar-refractivity contribution in [2.24, 2.45) is 56.7 Å². The molecule has 10 atom stereocenters. The van der Waals surface area contributed by atoms with Gasteiger partial charge in [0.15, 0.2) is 0 Å². The van der Waals surface area contributed by atoms with Gasteiger partial charge in [0, 0.05) is 17.6 Å². The lowest BCUT2D eigenvalue weighted by molar-refractivity contribution is -0.249. The summed E-state index contributed by atoms with van der Waals surface area (Å²) in [6.07, 6.45) is 13.0. The highest BCUT2D eigenvalue weighted by Crippen LogP contribution is 2.77. The molecule has 0 aromatic carbocycles. The number of fused-ring (bicyclic) bond motifs is 7. The van der Waals surface area contributed by atoms with Gasteiger partial charge in [0.05, 0.1) is 12.7 Å². The first-order valence-electron chi connectivity index (χ1n) is 15.5. The van der Waals surface area contributed by atoms with Gasteiger partial charge in [-0.05, 0) is 122 Å². The fourth-order valence-corrected chi connectivity index (χ4v) is 11.9. The highest BCUT2D eigenvalue weighted by Gasteiger charge is 2.70. The molecule has 39 heavy (non-hydrogen) atoms. The maximum atomic E-state index is 12.4. The average molecular weight is 541 g/mol. The molecule has 5 fully saturated rings. The summed E-state index contributed by atoms with van der Waals surface area (Å²) in [6, 6.07) is 0. The van der Waals surface area contributed by atoms with Crippen LogP contribution in [0.25, 0.3) is 0 Å². The minimum absolute atomic E-state index is 0.0384. The van der Waals surface area contributed by atoms with E-state index in [0.717, 1.165) is 50.7 Å². The van der Waals surface area contributed by atoms with E-state index in [0.29, 0.717) is 36.2 Å². The Labute approximate surface area is 235 Å². The molecule has 5 nitrogen and oxygen atoms in total. The Bertz CT molecular complexity index is 1060. The Hall–Kier alpha value is -1.62. The molecule has 0 saturated heterocycles. The number of esters is 1. The van der Waals surface area contributed by atoms with Crippen molar-refractivity contribution in [1.82, 2.24) is 0 Å². The monoisotopic (exact) mass is 540 g/mol. The van der Waals surface area contributed by atoms with Crippen LogP contribution in [0.2, 0.25) is 0 Å². The molecular weight excluding hydrogens is 488 g/mol. The van der Waals surface area contributed by atoms with Gasteiger partial charge in [-0.25, -0.2) is 9.59 Å². The Morgan fingerprint density at radius 3 is 2.26 bits per heavy atom. The normalized spacial score (nSPS) is 48.4. The number of aliphatic hydroxyl groups is 1. The number of carbonyl (C=O) groups excluding carboxylic acids is 1. The van der Waals surface area contributed by atoms with E-state index in [-0.39, 0.29) is 33.2 Å². The minimum atomic E-state index is -1.14. The van der Waals surface area contributed by atoms with Gasteiger partial charge in [0.1, 0.15) is 0 Å². The van der Waals surface area contributed by atoms with E-state index in [1.807, 2.05) is 0 Å². The predicted molar refractivity (Wildman–Crippen MR) is 153 cm³/mol. The molecule has 218 valence electrons. The van der Waals surface area contributed by atoms with Crippen LogP contribution < -0.4 is 0 Å². The summed E-state index contributed by atoms with van der Waals surface area (Å²) in [7, 11) is 0. The van der Waals surface area contributed by atoms with Gasteiger partial charge in [0.25, 0.3) is 0 Å². The Morgan fingerprint density at radius 2 is 1.59 bits per heavy atom. The zero-order valence-electron chi connectivity index (χ0n) is 25.2. The lowest BCUT2D eigenvalue weighted by atomic mass is 9.32. The summed E-state index contributed by atoms with van der Waals surface area (Å²) in [5.41, 5.74) is 1.88. The molecule has 0 aromatic rings. The number of allylic oxidation sites excluding steroid dienone is 1. The van der Waals surface area contributed by atoms with Gasteiger partial charge < -0.3 is 14.9 Å². The number of rotatable bonds is 5. The van der Waals surface area contributed by atoms with E-state index < -0.39 is 11.9 Å². The van der Waals surface area contributed by atoms with Crippen molar-refractivity contribution in [2.75, 3.05) is 6.61 Å². The second-order valence-electron chi connectivity index (χ2n) is 15.7. The molecule has 5 heteroatoms. The molecular formula is C34H52O5. The second-order valence-corrected chi connectivity index (χ2v) is 15.7. The molecule has 0 amide bonds. The number of ether oxygens (including phenoxy) is 1. The highest BCUT2D eigenvalue weighted by atomic mass is 16.5. The van der Waals surface area contributed by atoms with Crippen molar-refractivity contribution in [1.29, 1.82) is 0 Å². The number of aliphatic carboxylic acids is 1. The third-order valence-electron chi connectivity index (χ3n) is 14.1. The first-order valence-corrected chi connectivity index (χ1v) is 15.5. The molecule has 0 spiro atoms. The number of hydrogen-bond acceptors (Lipinski definition) is 4. The molecule has 0 radical (unpaired) electrons. The van der Waals surface area contributed by atoms with Crippen molar-refractivity contribution < 1.29 is 24.5 Å². The van der Waals surface area contributed by atoms with Gasteiger partial charge in [-0.2, -0.15) is 0 Å². The van der Waals surface area contributed by atoms with Crippen LogP contribution in [0.4, 0.5) is 0 Å². The summed E-state index contributed by atoms with van der Waals surface area (Å²) in [6.45, 7) is 19.4. The van der Waals surface area contributed by atoms with Crippen LogP contribution in [0.1, 0.15) is 106 Å². The van der Waals surface area contributed by atoms with Crippen molar-refractivity contribution >= 4 is 11.9 Å². The predicted octanol–water partition coefficient (Wildman–Crippen LogP) is 7.19. The summed E-state index contributed by atoms with van der Waals surface area (Å²) in [5, 5.41) is 19.9. The van der Waals surface area contributed by atoms with Gasteiger partial charge >= 0.3 is 11.9 Å². The van der Waals surface area contributed by atoms with Gasteiger partial charge in [0.2, 0.25) is 0 Å². The van der Waals surface area contributed by atoms with Crippen molar-refractivity contribution in [2.45, 2.75) is 112 Å². The topological polar surface area (TPSA) is 83.8 Å². The van der Waals surface area contributed by atoms with E-state index in [2.05, 4.69) is 48.1 Å². The third kappa shape index (κ3) is 4.10. The smallest absolute Gasteiger partial charge is 0.331 e. The number of hydrogen-bond donors (Lipinski definition) is 2. The van der Waals surface area contributed by atoms with E-state index in [1.165, 1.54) is 31.3 Å². The van der Waals surface area contributed by atoms with Crippen LogP contribution >= 0.6 is 0 Å². The summed E-state index contributed by atoms with van der Waals surface area (Å²) in [4.78, 5) is 23.3. The molecule has 0 aliphatic heterocycles. The summed E-state index contributed by atoms with van der Waals surface area (Å²) >= 11 is 0. The Balaban J connectivity index is 1.47. The number of carboxylic acids is 1. The van der Waals surface area contributed by atoms with E-state index in [4.69, 9.17) is 9.84 Å². The van der Waals surface area contributed by atoms with Crippen LogP contribution in [0, 0.1) is 56.7 Å². The molecule has 0 heterocycles. The van der Waals surface area contributed by atoms with Gasteiger partial charge in [-0.15, -0.1) is 0 Å². The van der Waals surface area contributed by atoms with Crippen LogP contribution in [0.5, 0.6) is 0 Å². The standard InChI is InChI=1S/C34H52O5/c1-21(2)22-12-17-34(20-39-28(38)11-10-27(36)37)19-18-32(6)23(29(22)34)8-9-25-31(5)15-14-26(35)30(3,4)24(31)13-16-33(25,32)7/h10-11,22-26,29,35H,1,8-9,12-20H2,2-7H3,(H,36,37)/b11-10+/t22-,23+,24-,25+,26-,29+,31-,32+,33+,34+/m0/s1. The summed E-state index contributed by atoms with van der Waals surface area (Å²) < 4.78 is 5.79. The number of carboxylic acid groups (broad SMARTS) is 1. The second kappa shape index (κ2) is 9.46. The average Bonchev–Trinajstić information content (AvgIpc) is 3.25. The first-order chi connectivity index (χ1) is 18.1. The maximum absolute atomic E-state index is 12.4. The molecule has 2 N–H and O–H groups in total. The third-order valence-corrected chi connectivity index (χ3v) is 14.1. The van der Waals surface area contributed by atoms with E-state index in [1.54, 1.807) is 0 Å². The minimum Gasteiger partial charge on any atom is -0.478 e.